The molecule has 4 rings (SSSR count). The molecule has 0 aliphatic carbocycles. The number of carbonyl (C=O) groups is 2. The number of likely N-dealkylation sites (tertiary alicyclic amines) is 1. The minimum atomic E-state index is -4.55. The average Bonchev–Trinajstić information content (AvgIpc) is 3.42. The lowest BCUT2D eigenvalue weighted by molar-refractivity contribution is -0.904. The summed E-state index contributed by atoms with van der Waals surface area (Å²) in [5.41, 5.74) is -1.20. The zero-order valence-electron chi connectivity index (χ0n) is 25.0. The maximum absolute atomic E-state index is 13.2. The summed E-state index contributed by atoms with van der Waals surface area (Å²) in [6, 6.07) is 9.88. The van der Waals surface area contributed by atoms with Crippen molar-refractivity contribution in [1.29, 1.82) is 0 Å². The standard InChI is InChI=1S/C27H31F3N6O4.CH4O3S/c1-4-36-13-11-19(12-14-36)39-20-9-10-21(31-16-20)24(37)32-17-5-7-18(8-6-17)33-25(38)34-23-15-22(40-35-23)26(2,3)27(28,29)30;1-5(2,3)4/h5-10,15-16,19H,4,11-14H2,1-3H3,(H,32,37)(H2,33,34,35,38);1H3,(H,2,3,4). The molecule has 0 bridgehead atoms. The van der Waals surface area contributed by atoms with Gasteiger partial charge in [-0.15, -0.1) is 0 Å². The zero-order valence-corrected chi connectivity index (χ0v) is 25.8. The molecule has 0 atom stereocenters. The third-order valence-electron chi connectivity index (χ3n) is 6.89. The van der Waals surface area contributed by atoms with E-state index in [1.54, 1.807) is 47.5 Å². The van der Waals surface area contributed by atoms with Crippen molar-refractivity contribution in [1.82, 2.24) is 10.1 Å². The minimum Gasteiger partial charge on any atom is -0.748 e. The fraction of sp³-hybridized carbons (Fsp3) is 0.429. The van der Waals surface area contributed by atoms with Crippen molar-refractivity contribution in [3.05, 3.63) is 60.1 Å². The Balaban J connectivity index is 0.00000102. The lowest BCUT2D eigenvalue weighted by Gasteiger charge is -2.28. The Hall–Kier alpha value is -4.22. The van der Waals surface area contributed by atoms with Crippen LogP contribution in [0.4, 0.5) is 35.2 Å². The van der Waals surface area contributed by atoms with Gasteiger partial charge in [0.1, 0.15) is 23.0 Å². The highest BCUT2D eigenvalue weighted by Crippen LogP contribution is 2.41. The molecule has 4 N–H and O–H groups in total. The molecule has 2 aromatic heterocycles. The van der Waals surface area contributed by atoms with E-state index in [1.165, 1.54) is 0 Å². The minimum absolute atomic E-state index is 0.154. The molecule has 1 aromatic carbocycles. The predicted octanol–water partition coefficient (Wildman–Crippen LogP) is 3.41. The summed E-state index contributed by atoms with van der Waals surface area (Å²) in [5, 5.41) is 11.1. The number of urea groups is 1. The Labute approximate surface area is 258 Å². The summed E-state index contributed by atoms with van der Waals surface area (Å²) in [6.45, 7) is 7.37. The molecule has 0 spiro atoms. The van der Waals surface area contributed by atoms with E-state index in [1.807, 2.05) is 0 Å². The Morgan fingerprint density at radius 3 is 2.13 bits per heavy atom. The molecule has 1 aliphatic rings. The fourth-order valence-corrected chi connectivity index (χ4v) is 4.13. The van der Waals surface area contributed by atoms with Crippen LogP contribution in [0.1, 0.15) is 49.9 Å². The van der Waals surface area contributed by atoms with Gasteiger partial charge in [-0.05, 0) is 57.2 Å². The van der Waals surface area contributed by atoms with Gasteiger partial charge in [-0.2, -0.15) is 13.2 Å². The van der Waals surface area contributed by atoms with E-state index in [0.29, 0.717) is 23.4 Å². The highest BCUT2D eigenvalue weighted by Gasteiger charge is 2.51. The van der Waals surface area contributed by atoms with Gasteiger partial charge in [-0.25, -0.2) is 18.2 Å². The second-order valence-electron chi connectivity index (χ2n) is 10.8. The molecule has 0 radical (unpaired) electrons. The van der Waals surface area contributed by atoms with Crippen LogP contribution in [0.15, 0.2) is 53.2 Å². The van der Waals surface area contributed by atoms with E-state index in [0.717, 1.165) is 52.4 Å². The maximum Gasteiger partial charge on any atom is 0.401 e. The van der Waals surface area contributed by atoms with Crippen LogP contribution in [0.5, 0.6) is 5.75 Å². The Kier molecular flexibility index (Phi) is 11.5. The molecule has 1 saturated heterocycles. The van der Waals surface area contributed by atoms with E-state index in [2.05, 4.69) is 33.0 Å². The summed E-state index contributed by atoms with van der Waals surface area (Å²) >= 11 is 0. The molecular weight excluding hydrogens is 621 g/mol. The molecule has 45 heavy (non-hydrogen) atoms. The number of ether oxygens (including phenoxy) is 1. The number of benzene rings is 1. The number of anilines is 3. The van der Waals surface area contributed by atoms with Crippen LogP contribution in [0.2, 0.25) is 0 Å². The number of alkyl halides is 3. The maximum atomic E-state index is 13.2. The SMILES string of the molecule is CC[NH+]1CCC(Oc2ccc(C(=O)Nc3ccc(NC(=O)Nc4cc(C(C)(C)C(F)(F)F)on4)cc3)nc2)CC1.CS(=O)(=O)[O-]. The number of quaternary nitrogens is 1. The number of amides is 3. The number of piperidine rings is 1. The number of pyridine rings is 1. The normalized spacial score (nSPS) is 17.0. The number of hydrogen-bond donors (Lipinski definition) is 4. The molecule has 1 aliphatic heterocycles. The number of halogens is 3. The van der Waals surface area contributed by atoms with Gasteiger partial charge in [-0.1, -0.05) is 5.16 Å². The highest BCUT2D eigenvalue weighted by molar-refractivity contribution is 7.84. The lowest BCUT2D eigenvalue weighted by atomic mass is 9.89. The number of nitrogens with zero attached hydrogens (tertiary/aromatic N) is 2. The van der Waals surface area contributed by atoms with Gasteiger partial charge in [0.05, 0.1) is 35.9 Å². The molecule has 246 valence electrons. The molecule has 3 amide bonds. The molecular formula is C28H35F3N6O7S. The van der Waals surface area contributed by atoms with Crippen molar-refractivity contribution in [2.75, 3.05) is 41.8 Å². The first kappa shape index (κ1) is 35.3. The number of nitrogens with one attached hydrogen (secondary N) is 4. The number of aromatic nitrogens is 2. The van der Waals surface area contributed by atoms with Crippen LogP contribution in [0.25, 0.3) is 0 Å². The zero-order chi connectivity index (χ0) is 33.4. The van der Waals surface area contributed by atoms with Crippen LogP contribution in [0, 0.1) is 0 Å². The van der Waals surface area contributed by atoms with E-state index in [-0.39, 0.29) is 17.6 Å². The lowest BCUT2D eigenvalue weighted by Crippen LogP contribution is -3.13. The summed E-state index contributed by atoms with van der Waals surface area (Å²) in [6.07, 6.45) is -0.280. The van der Waals surface area contributed by atoms with Crippen LogP contribution in [-0.4, -0.2) is 73.2 Å². The van der Waals surface area contributed by atoms with Gasteiger partial charge in [0.25, 0.3) is 5.91 Å². The third kappa shape index (κ3) is 11.0. The van der Waals surface area contributed by atoms with E-state index < -0.39 is 39.4 Å². The van der Waals surface area contributed by atoms with E-state index in [4.69, 9.17) is 22.2 Å². The highest BCUT2D eigenvalue weighted by atomic mass is 32.2. The van der Waals surface area contributed by atoms with Gasteiger partial charge >= 0.3 is 12.2 Å². The molecule has 0 saturated carbocycles. The Morgan fingerprint density at radius 1 is 1.04 bits per heavy atom. The van der Waals surface area contributed by atoms with Crippen molar-refractivity contribution < 1.29 is 49.9 Å². The van der Waals surface area contributed by atoms with Crippen LogP contribution in [-0.2, 0) is 15.5 Å². The molecule has 3 heterocycles. The fourth-order valence-electron chi connectivity index (χ4n) is 4.13. The van der Waals surface area contributed by atoms with Gasteiger partial charge in [0.15, 0.2) is 11.6 Å². The average molecular weight is 657 g/mol. The van der Waals surface area contributed by atoms with Gasteiger partial charge < -0.3 is 29.3 Å². The second kappa shape index (κ2) is 14.7. The van der Waals surface area contributed by atoms with Crippen molar-refractivity contribution in [2.24, 2.45) is 0 Å². The molecule has 0 unspecified atom stereocenters. The van der Waals surface area contributed by atoms with E-state index in [9.17, 15) is 22.8 Å². The summed E-state index contributed by atoms with van der Waals surface area (Å²) in [7, 11) is -3.92. The molecule has 3 aromatic rings. The molecule has 13 nitrogen and oxygen atoms in total. The van der Waals surface area contributed by atoms with Gasteiger partial charge in [0.2, 0.25) is 0 Å². The summed E-state index contributed by atoms with van der Waals surface area (Å²) in [4.78, 5) is 30.6. The van der Waals surface area contributed by atoms with Crippen LogP contribution >= 0.6 is 0 Å². The quantitative estimate of drug-likeness (QED) is 0.264. The van der Waals surface area contributed by atoms with Crippen molar-refractivity contribution in [3.63, 3.8) is 0 Å². The van der Waals surface area contributed by atoms with Crippen molar-refractivity contribution >= 4 is 39.2 Å². The second-order valence-corrected chi connectivity index (χ2v) is 12.2. The number of rotatable bonds is 8. The monoisotopic (exact) mass is 656 g/mol. The molecule has 17 heteroatoms. The smallest absolute Gasteiger partial charge is 0.401 e. The number of carbonyl (C=O) groups excluding carboxylic acids is 2. The summed E-state index contributed by atoms with van der Waals surface area (Å²) < 4.78 is 77.6. The van der Waals surface area contributed by atoms with Gasteiger partial charge in [-0.3, -0.25) is 10.1 Å². The van der Waals surface area contributed by atoms with Crippen LogP contribution < -0.4 is 25.6 Å². The van der Waals surface area contributed by atoms with Crippen molar-refractivity contribution in [2.45, 2.75) is 51.3 Å². The summed E-state index contributed by atoms with van der Waals surface area (Å²) in [5.74, 6) is -0.379. The van der Waals surface area contributed by atoms with E-state index >= 15 is 0 Å². The first-order valence-corrected chi connectivity index (χ1v) is 15.7. The Morgan fingerprint density at radius 2 is 1.62 bits per heavy atom. The largest absolute Gasteiger partial charge is 0.748 e. The third-order valence-corrected chi connectivity index (χ3v) is 6.89. The van der Waals surface area contributed by atoms with Gasteiger partial charge in [0, 0.05) is 36.5 Å². The first-order chi connectivity index (χ1) is 20.9. The predicted molar refractivity (Wildman–Crippen MR) is 157 cm³/mol. The topological polar surface area (TPSA) is 180 Å². The Bertz CT molecular complexity index is 1530. The van der Waals surface area contributed by atoms with Crippen molar-refractivity contribution in [3.8, 4) is 5.75 Å². The van der Waals surface area contributed by atoms with Crippen LogP contribution in [0.3, 0.4) is 0 Å². The molecule has 1 fully saturated rings. The number of hydrogen-bond acceptors (Lipinski definition) is 9. The first-order valence-electron chi connectivity index (χ1n) is 13.8.